The zero-order valence-electron chi connectivity index (χ0n) is 12.6. The van der Waals surface area contributed by atoms with Crippen molar-refractivity contribution in [2.75, 3.05) is 23.3 Å². The third-order valence-corrected chi connectivity index (χ3v) is 4.17. The SMILES string of the molecule is O=C(Nc1ccc(Cl)c(F)c1)c1cccnc1N1CCCCC1. The van der Waals surface area contributed by atoms with Crippen molar-refractivity contribution in [2.45, 2.75) is 19.3 Å². The van der Waals surface area contributed by atoms with Crippen LogP contribution in [-0.4, -0.2) is 24.0 Å². The number of pyridine rings is 1. The Labute approximate surface area is 139 Å². The van der Waals surface area contributed by atoms with Gasteiger partial charge in [-0.05, 0) is 49.6 Å². The van der Waals surface area contributed by atoms with E-state index in [2.05, 4.69) is 15.2 Å². The molecule has 0 radical (unpaired) electrons. The van der Waals surface area contributed by atoms with Crippen LogP contribution >= 0.6 is 11.6 Å². The predicted molar refractivity (Wildman–Crippen MR) is 89.7 cm³/mol. The van der Waals surface area contributed by atoms with E-state index in [0.29, 0.717) is 17.1 Å². The number of aromatic nitrogens is 1. The van der Waals surface area contributed by atoms with Crippen LogP contribution in [0.4, 0.5) is 15.9 Å². The zero-order valence-corrected chi connectivity index (χ0v) is 13.3. The van der Waals surface area contributed by atoms with Gasteiger partial charge in [0.25, 0.3) is 5.91 Å². The van der Waals surface area contributed by atoms with E-state index in [1.807, 2.05) is 0 Å². The van der Waals surface area contributed by atoms with Crippen molar-refractivity contribution in [1.82, 2.24) is 4.98 Å². The second-order valence-corrected chi connectivity index (χ2v) is 5.91. The van der Waals surface area contributed by atoms with Crippen molar-refractivity contribution in [2.24, 2.45) is 0 Å². The van der Waals surface area contributed by atoms with Gasteiger partial charge in [-0.2, -0.15) is 0 Å². The second-order valence-electron chi connectivity index (χ2n) is 5.51. The lowest BCUT2D eigenvalue weighted by Gasteiger charge is -2.29. The number of carbonyl (C=O) groups is 1. The maximum Gasteiger partial charge on any atom is 0.259 e. The van der Waals surface area contributed by atoms with Gasteiger partial charge in [0.2, 0.25) is 0 Å². The average Bonchev–Trinajstić information content (AvgIpc) is 2.59. The standard InChI is InChI=1S/C17H17ClFN3O/c18-14-7-6-12(11-15(14)19)21-17(23)13-5-4-8-20-16(13)22-9-2-1-3-10-22/h4-8,11H,1-3,9-10H2,(H,21,23). The van der Waals surface area contributed by atoms with Gasteiger partial charge in [-0.3, -0.25) is 4.79 Å². The van der Waals surface area contributed by atoms with Crippen LogP contribution in [0.2, 0.25) is 5.02 Å². The molecule has 3 rings (SSSR count). The molecule has 1 aromatic heterocycles. The van der Waals surface area contributed by atoms with Crippen molar-refractivity contribution >= 4 is 29.0 Å². The molecule has 0 saturated carbocycles. The van der Waals surface area contributed by atoms with Crippen LogP contribution in [0.1, 0.15) is 29.6 Å². The predicted octanol–water partition coefficient (Wildman–Crippen LogP) is 4.12. The first-order chi connectivity index (χ1) is 11.1. The van der Waals surface area contributed by atoms with Crippen LogP contribution < -0.4 is 10.2 Å². The summed E-state index contributed by atoms with van der Waals surface area (Å²) in [6, 6.07) is 7.65. The Morgan fingerprint density at radius 1 is 1.22 bits per heavy atom. The molecule has 0 aliphatic carbocycles. The highest BCUT2D eigenvalue weighted by Gasteiger charge is 2.19. The van der Waals surface area contributed by atoms with Crippen molar-refractivity contribution in [3.05, 3.63) is 52.9 Å². The fourth-order valence-electron chi connectivity index (χ4n) is 2.70. The molecule has 1 amide bonds. The van der Waals surface area contributed by atoms with Gasteiger partial charge >= 0.3 is 0 Å². The third-order valence-electron chi connectivity index (χ3n) is 3.86. The highest BCUT2D eigenvalue weighted by Crippen LogP contribution is 2.24. The summed E-state index contributed by atoms with van der Waals surface area (Å²) in [6.45, 7) is 1.79. The fourth-order valence-corrected chi connectivity index (χ4v) is 2.82. The number of amides is 1. The summed E-state index contributed by atoms with van der Waals surface area (Å²) in [6.07, 6.45) is 5.08. The van der Waals surface area contributed by atoms with E-state index in [4.69, 9.17) is 11.6 Å². The quantitative estimate of drug-likeness (QED) is 0.919. The van der Waals surface area contributed by atoms with Crippen molar-refractivity contribution in [3.8, 4) is 0 Å². The van der Waals surface area contributed by atoms with Gasteiger partial charge in [0.15, 0.2) is 0 Å². The number of hydrogen-bond acceptors (Lipinski definition) is 3. The van der Waals surface area contributed by atoms with E-state index < -0.39 is 5.82 Å². The van der Waals surface area contributed by atoms with Gasteiger partial charge in [0, 0.05) is 25.0 Å². The molecule has 1 aliphatic rings. The Kier molecular flexibility index (Phi) is 4.76. The average molecular weight is 334 g/mol. The molecule has 0 spiro atoms. The number of anilines is 2. The maximum atomic E-state index is 13.5. The Hall–Kier alpha value is -2.14. The van der Waals surface area contributed by atoms with Gasteiger partial charge < -0.3 is 10.2 Å². The minimum atomic E-state index is -0.563. The lowest BCUT2D eigenvalue weighted by molar-refractivity contribution is 0.102. The lowest BCUT2D eigenvalue weighted by Crippen LogP contribution is -2.32. The maximum absolute atomic E-state index is 13.5. The highest BCUT2D eigenvalue weighted by molar-refractivity contribution is 6.30. The summed E-state index contributed by atoms with van der Waals surface area (Å²) >= 11 is 5.66. The number of nitrogens with zero attached hydrogens (tertiary/aromatic N) is 2. The molecule has 2 heterocycles. The molecule has 1 saturated heterocycles. The highest BCUT2D eigenvalue weighted by atomic mass is 35.5. The molecule has 1 N–H and O–H groups in total. The van der Waals surface area contributed by atoms with Crippen molar-refractivity contribution < 1.29 is 9.18 Å². The molecule has 0 unspecified atom stereocenters. The summed E-state index contributed by atoms with van der Waals surface area (Å²) in [5.41, 5.74) is 0.857. The largest absolute Gasteiger partial charge is 0.356 e. The molecule has 0 bridgehead atoms. The van der Waals surface area contributed by atoms with Crippen molar-refractivity contribution in [1.29, 1.82) is 0 Å². The van der Waals surface area contributed by atoms with Crippen molar-refractivity contribution in [3.63, 3.8) is 0 Å². The normalized spacial score (nSPS) is 14.6. The lowest BCUT2D eigenvalue weighted by atomic mass is 10.1. The van der Waals surface area contributed by atoms with E-state index in [0.717, 1.165) is 25.9 Å². The molecular weight excluding hydrogens is 317 g/mol. The van der Waals surface area contributed by atoms with Gasteiger partial charge in [0.05, 0.1) is 10.6 Å². The minimum Gasteiger partial charge on any atom is -0.356 e. The van der Waals surface area contributed by atoms with Crippen LogP contribution in [-0.2, 0) is 0 Å². The summed E-state index contributed by atoms with van der Waals surface area (Å²) in [5, 5.41) is 2.73. The molecule has 4 nitrogen and oxygen atoms in total. The first kappa shape index (κ1) is 15.7. The monoisotopic (exact) mass is 333 g/mol. The summed E-state index contributed by atoms with van der Waals surface area (Å²) in [4.78, 5) is 19.0. The second kappa shape index (κ2) is 6.96. The number of rotatable bonds is 3. The number of halogens is 2. The molecule has 120 valence electrons. The van der Waals surface area contributed by atoms with E-state index in [1.54, 1.807) is 24.4 Å². The molecule has 1 fully saturated rings. The number of hydrogen-bond donors (Lipinski definition) is 1. The molecule has 1 aliphatic heterocycles. The molecule has 23 heavy (non-hydrogen) atoms. The number of carbonyl (C=O) groups excluding carboxylic acids is 1. The summed E-state index contributed by atoms with van der Waals surface area (Å²) in [7, 11) is 0. The van der Waals surface area contributed by atoms with Crippen LogP contribution in [0, 0.1) is 5.82 Å². The molecule has 6 heteroatoms. The van der Waals surface area contributed by atoms with E-state index in [-0.39, 0.29) is 10.9 Å². The van der Waals surface area contributed by atoms with E-state index in [1.165, 1.54) is 18.6 Å². The Balaban J connectivity index is 1.83. The van der Waals surface area contributed by atoms with Gasteiger partial charge in [-0.15, -0.1) is 0 Å². The van der Waals surface area contributed by atoms with Gasteiger partial charge in [0.1, 0.15) is 11.6 Å². The van der Waals surface area contributed by atoms with Crippen LogP contribution in [0.3, 0.4) is 0 Å². The molecule has 1 aromatic carbocycles. The first-order valence-corrected chi connectivity index (χ1v) is 7.99. The van der Waals surface area contributed by atoms with Crippen LogP contribution in [0.25, 0.3) is 0 Å². The third kappa shape index (κ3) is 3.62. The topological polar surface area (TPSA) is 45.2 Å². The summed E-state index contributed by atoms with van der Waals surface area (Å²) < 4.78 is 13.5. The Morgan fingerprint density at radius 3 is 2.74 bits per heavy atom. The van der Waals surface area contributed by atoms with E-state index in [9.17, 15) is 9.18 Å². The van der Waals surface area contributed by atoms with Crippen LogP contribution in [0.5, 0.6) is 0 Å². The molecule has 2 aromatic rings. The van der Waals surface area contributed by atoms with Gasteiger partial charge in [-0.1, -0.05) is 11.6 Å². The first-order valence-electron chi connectivity index (χ1n) is 7.61. The zero-order chi connectivity index (χ0) is 16.2. The number of nitrogens with one attached hydrogen (secondary N) is 1. The number of benzene rings is 1. The van der Waals surface area contributed by atoms with E-state index >= 15 is 0 Å². The minimum absolute atomic E-state index is 0.0263. The smallest absolute Gasteiger partial charge is 0.259 e. The Bertz CT molecular complexity index is 717. The van der Waals surface area contributed by atoms with Crippen LogP contribution in [0.15, 0.2) is 36.5 Å². The molecular formula is C17H17ClFN3O. The Morgan fingerprint density at radius 2 is 2.00 bits per heavy atom. The summed E-state index contributed by atoms with van der Waals surface area (Å²) in [5.74, 6) is -0.188. The fraction of sp³-hybridized carbons (Fsp3) is 0.294. The number of piperidine rings is 1. The van der Waals surface area contributed by atoms with Gasteiger partial charge in [-0.25, -0.2) is 9.37 Å². The molecule has 0 atom stereocenters.